The van der Waals surface area contributed by atoms with Crippen LogP contribution in [-0.4, -0.2) is 41.3 Å². The Morgan fingerprint density at radius 2 is 0.517 bits per heavy atom. The first-order valence-electron chi connectivity index (χ1n) is 28.2. The summed E-state index contributed by atoms with van der Waals surface area (Å²) in [6.45, 7) is 14.7. The quantitative estimate of drug-likeness (QED) is 0.0451. The highest BCUT2D eigenvalue weighted by atomic mass is 28.4. The third-order valence-corrected chi connectivity index (χ3v) is 15.8. The van der Waals surface area contributed by atoms with Gasteiger partial charge in [-0.1, -0.05) is 279 Å². The maximum Gasteiger partial charge on any atom is 0.501 e. The number of hydrogen-bond donors (Lipinski definition) is 0. The molecule has 0 aromatic carbocycles. The van der Waals surface area contributed by atoms with Crippen molar-refractivity contribution >= 4 is 8.80 Å². The summed E-state index contributed by atoms with van der Waals surface area (Å²) in [5, 5.41) is 0. The number of unbranched alkanes of at least 4 members (excludes halogenated alkanes) is 36. The molecule has 0 fully saturated rings. The normalized spacial score (nSPS) is 12.6. The molecule has 362 valence electrons. The molecule has 5 heteroatoms. The molecule has 0 rings (SSSR count). The van der Waals surface area contributed by atoms with Crippen molar-refractivity contribution < 1.29 is 18.0 Å². The number of ether oxygens (including phenoxy) is 1. The minimum Gasteiger partial charge on any atom is -0.378 e. The molecule has 60 heavy (non-hydrogen) atoms. The Balaban J connectivity index is 5.18. The first-order chi connectivity index (χ1) is 29.7. The van der Waals surface area contributed by atoms with E-state index in [4.69, 9.17) is 18.0 Å². The fraction of sp³-hybridized carbons (Fsp3) is 1.00. The zero-order valence-electron chi connectivity index (χ0n) is 42.4. The second-order valence-corrected chi connectivity index (χ2v) is 21.9. The van der Waals surface area contributed by atoms with Gasteiger partial charge < -0.3 is 18.0 Å². The topological polar surface area (TPSA) is 36.9 Å². The number of hydrogen-bond acceptors (Lipinski definition) is 4. The van der Waals surface area contributed by atoms with Crippen molar-refractivity contribution in [3.05, 3.63) is 0 Å². The summed E-state index contributed by atoms with van der Waals surface area (Å²) >= 11 is 0. The van der Waals surface area contributed by atoms with E-state index in [0.717, 1.165) is 58.2 Å². The van der Waals surface area contributed by atoms with E-state index >= 15 is 0 Å². The van der Waals surface area contributed by atoms with E-state index in [1.54, 1.807) is 0 Å². The van der Waals surface area contributed by atoms with E-state index < -0.39 is 8.80 Å². The van der Waals surface area contributed by atoms with Crippen LogP contribution in [0.2, 0.25) is 6.04 Å². The molecule has 0 aliphatic heterocycles. The molecule has 1 unspecified atom stereocenters. The maximum atomic E-state index is 6.93. The molecule has 0 heterocycles. The first kappa shape index (κ1) is 60.1. The molecule has 4 nitrogen and oxygen atoms in total. The summed E-state index contributed by atoms with van der Waals surface area (Å²) < 4.78 is 27.4. The van der Waals surface area contributed by atoms with Crippen LogP contribution in [0.15, 0.2) is 0 Å². The van der Waals surface area contributed by atoms with Crippen LogP contribution >= 0.6 is 0 Å². The van der Waals surface area contributed by atoms with Gasteiger partial charge in [0.1, 0.15) is 0 Å². The lowest BCUT2D eigenvalue weighted by atomic mass is 10.0. The molecule has 0 amide bonds. The zero-order valence-corrected chi connectivity index (χ0v) is 43.4. The Morgan fingerprint density at radius 3 is 0.800 bits per heavy atom. The Morgan fingerprint density at radius 1 is 0.250 bits per heavy atom. The van der Waals surface area contributed by atoms with E-state index in [-0.39, 0.29) is 0 Å². The van der Waals surface area contributed by atoms with Crippen molar-refractivity contribution in [3.63, 3.8) is 0 Å². The van der Waals surface area contributed by atoms with Gasteiger partial charge in [-0.25, -0.2) is 0 Å². The number of rotatable bonds is 54. The van der Waals surface area contributed by atoms with Crippen LogP contribution in [-0.2, 0) is 18.0 Å². The second-order valence-electron chi connectivity index (χ2n) is 19.1. The van der Waals surface area contributed by atoms with E-state index in [2.05, 4.69) is 34.6 Å². The van der Waals surface area contributed by atoms with Crippen molar-refractivity contribution in [3.8, 4) is 0 Å². The van der Waals surface area contributed by atoms with Gasteiger partial charge >= 0.3 is 8.80 Å². The predicted molar refractivity (Wildman–Crippen MR) is 270 cm³/mol. The molecular weight excluding hydrogens is 753 g/mol. The summed E-state index contributed by atoms with van der Waals surface area (Å²) in [7, 11) is -2.81. The Hall–Kier alpha value is 0.0569. The van der Waals surface area contributed by atoms with Crippen LogP contribution in [0.1, 0.15) is 317 Å². The van der Waals surface area contributed by atoms with Crippen molar-refractivity contribution in [1.29, 1.82) is 0 Å². The SMILES string of the molecule is CCCCCCCCCCCCCO[Si](CCCOC(CCC)CCCCCCCCC)(OCCCCCCCCCCCCC)OCCCCCCCCCCCCC. The third-order valence-electron chi connectivity index (χ3n) is 12.9. The molecule has 1 atom stereocenters. The average molecular weight is 868 g/mol. The Labute approximate surface area is 381 Å². The van der Waals surface area contributed by atoms with Gasteiger partial charge in [0.2, 0.25) is 0 Å². The van der Waals surface area contributed by atoms with Gasteiger partial charge in [-0.2, -0.15) is 0 Å². The van der Waals surface area contributed by atoms with E-state index in [1.807, 2.05) is 0 Å². The van der Waals surface area contributed by atoms with E-state index in [0.29, 0.717) is 6.10 Å². The first-order valence-corrected chi connectivity index (χ1v) is 30.1. The molecule has 0 aromatic rings. The molecule has 0 aliphatic rings. The van der Waals surface area contributed by atoms with Crippen molar-refractivity contribution in [2.75, 3.05) is 26.4 Å². The highest BCUT2D eigenvalue weighted by Gasteiger charge is 2.40. The van der Waals surface area contributed by atoms with Crippen LogP contribution in [0.5, 0.6) is 0 Å². The Bertz CT molecular complexity index is 695. The third kappa shape index (κ3) is 44.7. The molecule has 0 radical (unpaired) electrons. The minimum atomic E-state index is -2.81. The van der Waals surface area contributed by atoms with Gasteiger partial charge in [-0.05, 0) is 38.5 Å². The van der Waals surface area contributed by atoms with Crippen molar-refractivity contribution in [2.45, 2.75) is 329 Å². The van der Waals surface area contributed by atoms with Gasteiger partial charge in [0.25, 0.3) is 0 Å². The summed E-state index contributed by atoms with van der Waals surface area (Å²) in [5.41, 5.74) is 0. The van der Waals surface area contributed by atoms with Crippen LogP contribution < -0.4 is 0 Å². The highest BCUT2D eigenvalue weighted by molar-refractivity contribution is 6.60. The van der Waals surface area contributed by atoms with Gasteiger partial charge in [-0.15, -0.1) is 0 Å². The maximum absolute atomic E-state index is 6.93. The fourth-order valence-electron chi connectivity index (χ4n) is 8.82. The molecule has 0 saturated carbocycles. The lowest BCUT2D eigenvalue weighted by Gasteiger charge is -2.30. The fourth-order valence-corrected chi connectivity index (χ4v) is 11.5. The summed E-state index contributed by atoms with van der Waals surface area (Å²) in [5.74, 6) is 0. The summed E-state index contributed by atoms with van der Waals surface area (Å²) in [6.07, 6.45) is 59.3. The molecule has 0 spiro atoms. The van der Waals surface area contributed by atoms with E-state index in [1.165, 1.54) is 257 Å². The van der Waals surface area contributed by atoms with Crippen molar-refractivity contribution in [1.82, 2.24) is 0 Å². The monoisotopic (exact) mass is 867 g/mol. The molecule has 0 saturated heterocycles. The van der Waals surface area contributed by atoms with Gasteiger partial charge in [0.05, 0.1) is 6.10 Å². The minimum absolute atomic E-state index is 0.397. The predicted octanol–water partition coefficient (Wildman–Crippen LogP) is 19.6. The van der Waals surface area contributed by atoms with Crippen molar-refractivity contribution in [2.24, 2.45) is 0 Å². The van der Waals surface area contributed by atoms with Crippen LogP contribution in [0, 0.1) is 0 Å². The molecule has 0 N–H and O–H groups in total. The molecule has 0 bridgehead atoms. The largest absolute Gasteiger partial charge is 0.501 e. The smallest absolute Gasteiger partial charge is 0.378 e. The van der Waals surface area contributed by atoms with Gasteiger partial charge in [0, 0.05) is 32.5 Å². The lowest BCUT2D eigenvalue weighted by Crippen LogP contribution is -2.47. The van der Waals surface area contributed by atoms with E-state index in [9.17, 15) is 0 Å². The van der Waals surface area contributed by atoms with Gasteiger partial charge in [0.15, 0.2) is 0 Å². The molecular formula is C55H114O4Si. The Kier molecular flexibility index (Phi) is 51.7. The lowest BCUT2D eigenvalue weighted by molar-refractivity contribution is 0.0294. The summed E-state index contributed by atoms with van der Waals surface area (Å²) in [4.78, 5) is 0. The molecule has 0 aromatic heterocycles. The zero-order chi connectivity index (χ0) is 43.6. The van der Waals surface area contributed by atoms with Gasteiger partial charge in [-0.3, -0.25) is 0 Å². The molecule has 0 aliphatic carbocycles. The average Bonchev–Trinajstić information content (AvgIpc) is 3.25. The van der Waals surface area contributed by atoms with Crippen LogP contribution in [0.25, 0.3) is 0 Å². The van der Waals surface area contributed by atoms with Crippen LogP contribution in [0.3, 0.4) is 0 Å². The second kappa shape index (κ2) is 51.7. The highest BCUT2D eigenvalue weighted by Crippen LogP contribution is 2.23. The standard InChI is InChI=1S/C55H114O4Si/c1-6-11-15-19-23-26-29-32-36-40-44-51-57-60(58-52-45-41-37-33-30-27-24-20-16-12-7-2,59-53-46-42-38-34-31-28-25-21-17-13-8-3)54-47-50-56-55(48-10-5)49-43-39-35-22-18-14-9-4/h55H,6-54H2,1-5H3. The van der Waals surface area contributed by atoms with Crippen LogP contribution in [0.4, 0.5) is 0 Å². The summed E-state index contributed by atoms with van der Waals surface area (Å²) in [6, 6.07) is 0.900.